The van der Waals surface area contributed by atoms with Gasteiger partial charge in [0, 0.05) is 5.39 Å². The molecule has 0 aliphatic heterocycles. The predicted octanol–water partition coefficient (Wildman–Crippen LogP) is 1.46. The minimum atomic E-state index is 0.487. The summed E-state index contributed by atoms with van der Waals surface area (Å²) in [5, 5.41) is 21.3. The Labute approximate surface area is 90.9 Å². The van der Waals surface area contributed by atoms with E-state index in [9.17, 15) is 0 Å². The van der Waals surface area contributed by atoms with Crippen LogP contribution in [-0.2, 0) is 0 Å². The Morgan fingerprint density at radius 1 is 1.31 bits per heavy atom. The monoisotopic (exact) mass is 209 g/mol. The van der Waals surface area contributed by atoms with Crippen LogP contribution in [0.4, 0.5) is 0 Å². The fourth-order valence-corrected chi connectivity index (χ4v) is 1.78. The molecule has 1 aromatic carbocycles. The Morgan fingerprint density at radius 3 is 3.00 bits per heavy atom. The third-order valence-corrected chi connectivity index (χ3v) is 2.54. The van der Waals surface area contributed by atoms with Gasteiger partial charge in [-0.2, -0.15) is 9.78 Å². The lowest BCUT2D eigenvalue weighted by Gasteiger charge is -2.02. The summed E-state index contributed by atoms with van der Waals surface area (Å²) >= 11 is 0. The van der Waals surface area contributed by atoms with E-state index in [1.807, 2.05) is 25.1 Å². The van der Waals surface area contributed by atoms with Crippen LogP contribution in [0.1, 0.15) is 11.1 Å². The molecule has 76 valence electrons. The lowest BCUT2D eigenvalue weighted by Crippen LogP contribution is -1.94. The first-order valence-electron chi connectivity index (χ1n) is 4.81. The minimum Gasteiger partial charge on any atom is -0.192 e. The van der Waals surface area contributed by atoms with Gasteiger partial charge in [0.05, 0.1) is 11.1 Å². The van der Waals surface area contributed by atoms with Gasteiger partial charge in [-0.05, 0) is 35.0 Å². The molecule has 0 amide bonds. The van der Waals surface area contributed by atoms with Crippen molar-refractivity contribution < 1.29 is 0 Å². The van der Waals surface area contributed by atoms with Crippen molar-refractivity contribution in [3.8, 4) is 6.07 Å². The molecule has 0 aliphatic carbocycles. The van der Waals surface area contributed by atoms with Gasteiger partial charge in [0.15, 0.2) is 5.65 Å². The van der Waals surface area contributed by atoms with E-state index < -0.39 is 0 Å². The van der Waals surface area contributed by atoms with E-state index in [0.29, 0.717) is 11.2 Å². The SMILES string of the molecule is Cc1ccc2cc(C#N)c3nnnn3c2c1. The van der Waals surface area contributed by atoms with Crippen molar-refractivity contribution in [1.29, 1.82) is 5.26 Å². The van der Waals surface area contributed by atoms with Crippen molar-refractivity contribution >= 4 is 16.6 Å². The number of pyridine rings is 1. The number of aryl methyl sites for hydroxylation is 1. The van der Waals surface area contributed by atoms with Crippen LogP contribution in [-0.4, -0.2) is 20.0 Å². The first kappa shape index (κ1) is 8.80. The zero-order valence-corrected chi connectivity index (χ0v) is 8.55. The second kappa shape index (κ2) is 3.00. The zero-order chi connectivity index (χ0) is 11.1. The Morgan fingerprint density at radius 2 is 2.19 bits per heavy atom. The summed E-state index contributed by atoms with van der Waals surface area (Å²) in [6.45, 7) is 2.01. The molecule has 0 aliphatic rings. The van der Waals surface area contributed by atoms with Gasteiger partial charge in [-0.1, -0.05) is 12.1 Å². The van der Waals surface area contributed by atoms with Gasteiger partial charge in [-0.15, -0.1) is 5.10 Å². The molecule has 0 spiro atoms. The highest BCUT2D eigenvalue weighted by molar-refractivity contribution is 5.84. The number of hydrogen-bond acceptors (Lipinski definition) is 4. The highest BCUT2D eigenvalue weighted by atomic mass is 15.5. The molecule has 0 saturated carbocycles. The van der Waals surface area contributed by atoms with E-state index >= 15 is 0 Å². The number of benzene rings is 1. The van der Waals surface area contributed by atoms with Crippen LogP contribution in [0.5, 0.6) is 0 Å². The van der Waals surface area contributed by atoms with E-state index in [1.54, 1.807) is 10.6 Å². The molecule has 5 heteroatoms. The van der Waals surface area contributed by atoms with Crippen LogP contribution >= 0.6 is 0 Å². The van der Waals surface area contributed by atoms with Gasteiger partial charge in [-0.25, -0.2) is 0 Å². The average molecular weight is 209 g/mol. The van der Waals surface area contributed by atoms with E-state index in [4.69, 9.17) is 5.26 Å². The summed E-state index contributed by atoms with van der Waals surface area (Å²) in [6.07, 6.45) is 0. The number of nitrogens with zero attached hydrogens (tertiary/aromatic N) is 5. The Kier molecular flexibility index (Phi) is 1.65. The van der Waals surface area contributed by atoms with Gasteiger partial charge < -0.3 is 0 Å². The van der Waals surface area contributed by atoms with Crippen molar-refractivity contribution in [2.75, 3.05) is 0 Å². The number of tetrazole rings is 1. The molecule has 2 heterocycles. The Bertz CT molecular complexity index is 735. The molecular weight excluding hydrogens is 202 g/mol. The van der Waals surface area contributed by atoms with Gasteiger partial charge >= 0.3 is 0 Å². The molecule has 5 nitrogen and oxygen atoms in total. The lowest BCUT2D eigenvalue weighted by molar-refractivity contribution is 0.841. The third-order valence-electron chi connectivity index (χ3n) is 2.54. The third kappa shape index (κ3) is 1.07. The van der Waals surface area contributed by atoms with Crippen LogP contribution in [0.15, 0.2) is 24.3 Å². The minimum absolute atomic E-state index is 0.487. The molecule has 3 aromatic rings. The Balaban J connectivity index is 2.61. The van der Waals surface area contributed by atoms with Crippen LogP contribution in [0.2, 0.25) is 0 Å². The first-order valence-corrected chi connectivity index (χ1v) is 4.81. The molecule has 0 bridgehead atoms. The number of hydrogen-bond donors (Lipinski definition) is 0. The van der Waals surface area contributed by atoms with E-state index in [-0.39, 0.29) is 0 Å². The van der Waals surface area contributed by atoms with Crippen molar-refractivity contribution in [1.82, 2.24) is 20.0 Å². The number of aromatic nitrogens is 4. The molecule has 0 fully saturated rings. The lowest BCUT2D eigenvalue weighted by atomic mass is 10.1. The summed E-state index contributed by atoms with van der Waals surface area (Å²) in [5.41, 5.74) is 3.04. The van der Waals surface area contributed by atoms with Crippen LogP contribution in [0.3, 0.4) is 0 Å². The second-order valence-electron chi connectivity index (χ2n) is 3.65. The predicted molar refractivity (Wildman–Crippen MR) is 57.7 cm³/mol. The molecule has 0 radical (unpaired) electrons. The largest absolute Gasteiger partial charge is 0.197 e. The van der Waals surface area contributed by atoms with Crippen LogP contribution < -0.4 is 0 Å². The second-order valence-corrected chi connectivity index (χ2v) is 3.65. The summed E-state index contributed by atoms with van der Waals surface area (Å²) in [4.78, 5) is 0. The number of fused-ring (bicyclic) bond motifs is 3. The van der Waals surface area contributed by atoms with Gasteiger partial charge in [0.25, 0.3) is 0 Å². The molecule has 0 N–H and O–H groups in total. The molecule has 0 saturated heterocycles. The van der Waals surface area contributed by atoms with Crippen LogP contribution in [0, 0.1) is 18.3 Å². The molecule has 0 atom stereocenters. The summed E-state index contributed by atoms with van der Waals surface area (Å²) in [6, 6.07) is 9.87. The maximum atomic E-state index is 9.01. The van der Waals surface area contributed by atoms with Crippen molar-refractivity contribution in [3.05, 3.63) is 35.4 Å². The topological polar surface area (TPSA) is 66.9 Å². The number of nitriles is 1. The molecule has 16 heavy (non-hydrogen) atoms. The maximum absolute atomic E-state index is 9.01. The summed E-state index contributed by atoms with van der Waals surface area (Å²) < 4.78 is 1.60. The summed E-state index contributed by atoms with van der Waals surface area (Å²) in [7, 11) is 0. The van der Waals surface area contributed by atoms with Gasteiger partial charge in [0.2, 0.25) is 0 Å². The number of rotatable bonds is 0. The highest BCUT2D eigenvalue weighted by Crippen LogP contribution is 2.19. The quantitative estimate of drug-likeness (QED) is 0.562. The normalized spacial score (nSPS) is 10.8. The molecule has 0 unspecified atom stereocenters. The zero-order valence-electron chi connectivity index (χ0n) is 8.55. The average Bonchev–Trinajstić information content (AvgIpc) is 2.77. The van der Waals surface area contributed by atoms with Crippen molar-refractivity contribution in [2.24, 2.45) is 0 Å². The van der Waals surface area contributed by atoms with Crippen LogP contribution in [0.25, 0.3) is 16.6 Å². The van der Waals surface area contributed by atoms with E-state index in [1.165, 1.54) is 0 Å². The molecule has 2 aromatic heterocycles. The molecular formula is C11H7N5. The van der Waals surface area contributed by atoms with E-state index in [2.05, 4.69) is 21.6 Å². The fraction of sp³-hybridized carbons (Fsp3) is 0.0909. The smallest absolute Gasteiger partial charge is 0.192 e. The first-order chi connectivity index (χ1) is 7.79. The summed E-state index contributed by atoms with van der Waals surface area (Å²) in [5.74, 6) is 0. The standard InChI is InChI=1S/C11H7N5/c1-7-2-3-8-5-9(6-12)11-13-14-15-16(11)10(8)4-7/h2-5H,1H3. The highest BCUT2D eigenvalue weighted by Gasteiger charge is 2.08. The van der Waals surface area contributed by atoms with Gasteiger partial charge in [-0.3, -0.25) is 0 Å². The fourth-order valence-electron chi connectivity index (χ4n) is 1.78. The van der Waals surface area contributed by atoms with Crippen molar-refractivity contribution in [3.63, 3.8) is 0 Å². The molecule has 3 rings (SSSR count). The van der Waals surface area contributed by atoms with Gasteiger partial charge in [0.1, 0.15) is 6.07 Å². The van der Waals surface area contributed by atoms with E-state index in [0.717, 1.165) is 16.5 Å². The van der Waals surface area contributed by atoms with Crippen molar-refractivity contribution in [2.45, 2.75) is 6.92 Å². The Hall–Kier alpha value is -2.48. The maximum Gasteiger partial charge on any atom is 0.197 e.